The molecule has 3 rings (SSSR count). The van der Waals surface area contributed by atoms with Crippen molar-refractivity contribution >= 4 is 23.6 Å². The molecule has 2 amide bonds. The Morgan fingerprint density at radius 2 is 2.07 bits per heavy atom. The molecule has 29 heavy (non-hydrogen) atoms. The number of hydrogen-bond donors (Lipinski definition) is 2. The SMILES string of the molecule is COc1ccccc1NC(=O)N/N=C/c1cc2c(cc1F)N(C)C(C)(C)CC2C. The van der Waals surface area contributed by atoms with E-state index in [-0.39, 0.29) is 11.4 Å². The van der Waals surface area contributed by atoms with Crippen molar-refractivity contribution in [2.75, 3.05) is 24.4 Å². The minimum Gasteiger partial charge on any atom is -0.495 e. The summed E-state index contributed by atoms with van der Waals surface area (Å²) in [5.41, 5.74) is 5.14. The van der Waals surface area contributed by atoms with E-state index in [0.29, 0.717) is 22.9 Å². The molecule has 1 unspecified atom stereocenters. The number of benzene rings is 2. The normalized spacial score (nSPS) is 17.7. The first-order valence-electron chi connectivity index (χ1n) is 9.53. The molecular weight excluding hydrogens is 371 g/mol. The van der Waals surface area contributed by atoms with Crippen LogP contribution >= 0.6 is 0 Å². The maximum Gasteiger partial charge on any atom is 0.339 e. The van der Waals surface area contributed by atoms with Gasteiger partial charge in [0.15, 0.2) is 0 Å². The lowest BCUT2D eigenvalue weighted by atomic mass is 9.80. The molecule has 0 saturated carbocycles. The van der Waals surface area contributed by atoms with Gasteiger partial charge in [-0.2, -0.15) is 5.10 Å². The van der Waals surface area contributed by atoms with Crippen molar-refractivity contribution in [3.8, 4) is 5.75 Å². The van der Waals surface area contributed by atoms with E-state index in [2.05, 4.69) is 41.5 Å². The van der Waals surface area contributed by atoms with Crippen LogP contribution in [0.4, 0.5) is 20.6 Å². The predicted octanol–water partition coefficient (Wildman–Crippen LogP) is 4.71. The average molecular weight is 398 g/mol. The smallest absolute Gasteiger partial charge is 0.339 e. The van der Waals surface area contributed by atoms with Gasteiger partial charge in [0.2, 0.25) is 0 Å². The van der Waals surface area contributed by atoms with Crippen molar-refractivity contribution in [3.05, 3.63) is 53.3 Å². The van der Waals surface area contributed by atoms with E-state index in [0.717, 1.165) is 17.7 Å². The lowest BCUT2D eigenvalue weighted by molar-refractivity contribution is 0.252. The Balaban J connectivity index is 1.73. The lowest BCUT2D eigenvalue weighted by Gasteiger charge is -2.45. The van der Waals surface area contributed by atoms with Crippen molar-refractivity contribution in [3.63, 3.8) is 0 Å². The molecule has 2 aromatic carbocycles. The van der Waals surface area contributed by atoms with Crippen LogP contribution in [0.1, 0.15) is 44.2 Å². The van der Waals surface area contributed by atoms with Crippen LogP contribution in [-0.2, 0) is 0 Å². The van der Waals surface area contributed by atoms with Crippen LogP contribution in [0.25, 0.3) is 0 Å². The first-order chi connectivity index (χ1) is 13.7. The van der Waals surface area contributed by atoms with E-state index >= 15 is 0 Å². The minimum absolute atomic E-state index is 0.0351. The van der Waals surface area contributed by atoms with Gasteiger partial charge in [-0.15, -0.1) is 0 Å². The molecule has 154 valence electrons. The summed E-state index contributed by atoms with van der Waals surface area (Å²) in [6.45, 7) is 6.46. The monoisotopic (exact) mass is 398 g/mol. The number of para-hydroxylation sites is 2. The van der Waals surface area contributed by atoms with E-state index in [1.54, 1.807) is 30.3 Å². The van der Waals surface area contributed by atoms with Gasteiger partial charge >= 0.3 is 6.03 Å². The second-order valence-corrected chi connectivity index (χ2v) is 7.93. The van der Waals surface area contributed by atoms with Gasteiger partial charge in [-0.05, 0) is 56.0 Å². The molecule has 1 aliphatic heterocycles. The Bertz CT molecular complexity index is 942. The van der Waals surface area contributed by atoms with Crippen molar-refractivity contribution in [1.29, 1.82) is 0 Å². The molecule has 1 atom stereocenters. The fraction of sp³-hybridized carbons (Fsp3) is 0.364. The Labute approximate surface area is 170 Å². The van der Waals surface area contributed by atoms with Crippen LogP contribution < -0.4 is 20.4 Å². The largest absolute Gasteiger partial charge is 0.495 e. The highest BCUT2D eigenvalue weighted by molar-refractivity contribution is 5.92. The predicted molar refractivity (Wildman–Crippen MR) is 115 cm³/mol. The zero-order valence-electron chi connectivity index (χ0n) is 17.4. The molecule has 0 aromatic heterocycles. The highest BCUT2D eigenvalue weighted by atomic mass is 19.1. The summed E-state index contributed by atoms with van der Waals surface area (Å²) in [6, 6.07) is 9.85. The van der Waals surface area contributed by atoms with Crippen molar-refractivity contribution in [2.24, 2.45) is 5.10 Å². The topological polar surface area (TPSA) is 66.0 Å². The summed E-state index contributed by atoms with van der Waals surface area (Å²) in [5.74, 6) is 0.454. The van der Waals surface area contributed by atoms with Crippen LogP contribution in [0.3, 0.4) is 0 Å². The highest BCUT2D eigenvalue weighted by Gasteiger charge is 2.34. The number of fused-ring (bicyclic) bond motifs is 1. The summed E-state index contributed by atoms with van der Waals surface area (Å²) in [6.07, 6.45) is 2.29. The fourth-order valence-corrected chi connectivity index (χ4v) is 3.76. The van der Waals surface area contributed by atoms with Crippen molar-refractivity contribution < 1.29 is 13.9 Å². The summed E-state index contributed by atoms with van der Waals surface area (Å²) in [4.78, 5) is 14.2. The fourth-order valence-electron chi connectivity index (χ4n) is 3.76. The maximum absolute atomic E-state index is 14.6. The number of hydrogen-bond acceptors (Lipinski definition) is 4. The van der Waals surface area contributed by atoms with Gasteiger partial charge in [0.1, 0.15) is 11.6 Å². The quantitative estimate of drug-likeness (QED) is 0.579. The van der Waals surface area contributed by atoms with Crippen LogP contribution in [0.5, 0.6) is 5.75 Å². The first kappa shape index (κ1) is 20.6. The Morgan fingerprint density at radius 3 is 2.79 bits per heavy atom. The number of halogens is 1. The average Bonchev–Trinajstić information content (AvgIpc) is 2.67. The molecule has 6 nitrogen and oxygen atoms in total. The van der Waals surface area contributed by atoms with Crippen LogP contribution in [-0.4, -0.2) is 31.9 Å². The van der Waals surface area contributed by atoms with Crippen molar-refractivity contribution in [2.45, 2.75) is 38.6 Å². The van der Waals surface area contributed by atoms with E-state index in [4.69, 9.17) is 4.74 Å². The third-order valence-electron chi connectivity index (χ3n) is 5.48. The Hall–Kier alpha value is -3.09. The van der Waals surface area contributed by atoms with Gasteiger partial charge in [-0.25, -0.2) is 14.6 Å². The van der Waals surface area contributed by atoms with Gasteiger partial charge < -0.3 is 15.0 Å². The van der Waals surface area contributed by atoms with Gasteiger partial charge in [-0.3, -0.25) is 0 Å². The number of carbonyl (C=O) groups is 1. The van der Waals surface area contributed by atoms with Crippen LogP contribution in [0, 0.1) is 5.82 Å². The molecule has 2 N–H and O–H groups in total. The van der Waals surface area contributed by atoms with Gasteiger partial charge in [0, 0.05) is 23.8 Å². The van der Waals surface area contributed by atoms with Crippen LogP contribution in [0.15, 0.2) is 41.5 Å². The zero-order valence-corrected chi connectivity index (χ0v) is 17.4. The number of hydrazone groups is 1. The van der Waals surface area contributed by atoms with E-state index in [1.807, 2.05) is 13.1 Å². The second kappa shape index (κ2) is 8.11. The van der Waals surface area contributed by atoms with Gasteiger partial charge in [0.05, 0.1) is 19.0 Å². The number of ether oxygens (including phenoxy) is 1. The summed E-state index contributed by atoms with van der Waals surface area (Å²) < 4.78 is 19.8. The Morgan fingerprint density at radius 1 is 1.34 bits per heavy atom. The number of carbonyl (C=O) groups excluding carboxylic acids is 1. The third-order valence-corrected chi connectivity index (χ3v) is 5.48. The number of amides is 2. The van der Waals surface area contributed by atoms with E-state index in [9.17, 15) is 9.18 Å². The van der Waals surface area contributed by atoms with Gasteiger partial charge in [-0.1, -0.05) is 19.1 Å². The molecule has 0 bridgehead atoms. The zero-order chi connectivity index (χ0) is 21.2. The third kappa shape index (κ3) is 4.34. The molecular formula is C22H27FN4O2. The van der Waals surface area contributed by atoms with E-state index < -0.39 is 6.03 Å². The van der Waals surface area contributed by atoms with E-state index in [1.165, 1.54) is 13.3 Å². The minimum atomic E-state index is -0.543. The molecule has 0 aliphatic carbocycles. The number of urea groups is 1. The molecule has 0 radical (unpaired) electrons. The summed E-state index contributed by atoms with van der Waals surface area (Å²) in [5, 5.41) is 6.54. The standard InChI is InChI=1S/C22H27FN4O2/c1-14-12-22(2,3)27(4)19-11-17(23)15(10-16(14)19)13-24-26-21(28)25-18-8-6-7-9-20(18)29-5/h6-11,13-14H,12H2,1-5H3,(H2,25,26,28)/b24-13+. The van der Waals surface area contributed by atoms with Crippen molar-refractivity contribution in [1.82, 2.24) is 5.43 Å². The number of methoxy groups -OCH3 is 1. The molecule has 2 aromatic rings. The molecule has 1 heterocycles. The number of anilines is 2. The number of rotatable bonds is 4. The van der Waals surface area contributed by atoms with Crippen LogP contribution in [0.2, 0.25) is 0 Å². The highest BCUT2D eigenvalue weighted by Crippen LogP contribution is 2.43. The number of nitrogens with one attached hydrogen (secondary N) is 2. The lowest BCUT2D eigenvalue weighted by Crippen LogP contribution is -2.45. The maximum atomic E-state index is 14.6. The summed E-state index contributed by atoms with van der Waals surface area (Å²) >= 11 is 0. The summed E-state index contributed by atoms with van der Waals surface area (Å²) in [7, 11) is 3.51. The molecule has 0 fully saturated rings. The second-order valence-electron chi connectivity index (χ2n) is 7.93. The Kier molecular flexibility index (Phi) is 5.77. The molecule has 7 heteroatoms. The first-order valence-corrected chi connectivity index (χ1v) is 9.53. The molecule has 0 spiro atoms. The van der Waals surface area contributed by atoms with Gasteiger partial charge in [0.25, 0.3) is 0 Å². The molecule has 1 aliphatic rings. The number of nitrogens with zero attached hydrogens (tertiary/aromatic N) is 2. The molecule has 0 saturated heterocycles.